The molecule has 3 heterocycles. The van der Waals surface area contributed by atoms with Gasteiger partial charge in [-0.3, -0.25) is 4.79 Å². The fourth-order valence-electron chi connectivity index (χ4n) is 4.09. The molecule has 1 aromatic carbocycles. The highest BCUT2D eigenvalue weighted by molar-refractivity contribution is 9.10. The molecule has 4 rings (SSSR count). The molecule has 3 aromatic rings. The first kappa shape index (κ1) is 18.9. The fourth-order valence-corrected chi connectivity index (χ4v) is 4.39. The summed E-state index contributed by atoms with van der Waals surface area (Å²) < 4.78 is 2.46. The number of hydrogen-bond acceptors (Lipinski definition) is 4. The fraction of sp³-hybridized carbons (Fsp3) is 0.381. The largest absolute Gasteiger partial charge is 0.372 e. The van der Waals surface area contributed by atoms with Gasteiger partial charge in [0.15, 0.2) is 11.3 Å². The summed E-state index contributed by atoms with van der Waals surface area (Å²) in [6, 6.07) is 8.21. The standard InChI is InChI=1S/C21H24BrN5O/c1-4-25(5-2)19-8-6-7-16-14(3)26(10-9-17(16)19)21(28)18-11-20-23-12-15(22)13-27(20)24-18/h6-8,11-14H,4-5,9-10H2,1-3H3. The lowest BCUT2D eigenvalue weighted by Gasteiger charge is -2.37. The monoisotopic (exact) mass is 441 g/mol. The number of carbonyl (C=O) groups excluding carboxylic acids is 1. The van der Waals surface area contributed by atoms with Crippen molar-refractivity contribution in [3.05, 3.63) is 58.0 Å². The molecule has 6 nitrogen and oxygen atoms in total. The molecule has 0 aliphatic carbocycles. The van der Waals surface area contributed by atoms with Crippen LogP contribution in [0.3, 0.4) is 0 Å². The van der Waals surface area contributed by atoms with Gasteiger partial charge >= 0.3 is 0 Å². The summed E-state index contributed by atoms with van der Waals surface area (Å²) in [4.78, 5) is 21.8. The Labute approximate surface area is 173 Å². The number of nitrogens with zero attached hydrogens (tertiary/aromatic N) is 5. The summed E-state index contributed by atoms with van der Waals surface area (Å²) in [5.74, 6) is -0.0481. The van der Waals surface area contributed by atoms with Gasteiger partial charge in [-0.05, 0) is 60.3 Å². The van der Waals surface area contributed by atoms with Crippen molar-refractivity contribution in [1.29, 1.82) is 0 Å². The zero-order chi connectivity index (χ0) is 19.8. The highest BCUT2D eigenvalue weighted by atomic mass is 79.9. The molecule has 146 valence electrons. The normalized spacial score (nSPS) is 16.3. The Hall–Kier alpha value is -2.41. The molecule has 0 bridgehead atoms. The van der Waals surface area contributed by atoms with Crippen LogP contribution in [0, 0.1) is 0 Å². The minimum absolute atomic E-state index is 0.0104. The van der Waals surface area contributed by atoms with Crippen molar-refractivity contribution in [3.63, 3.8) is 0 Å². The predicted molar refractivity (Wildman–Crippen MR) is 114 cm³/mol. The highest BCUT2D eigenvalue weighted by Gasteiger charge is 2.31. The first-order valence-electron chi connectivity index (χ1n) is 9.72. The minimum atomic E-state index is -0.0481. The maximum absolute atomic E-state index is 13.2. The summed E-state index contributed by atoms with van der Waals surface area (Å²) in [7, 11) is 0. The molecule has 1 aliphatic rings. The first-order valence-corrected chi connectivity index (χ1v) is 10.5. The van der Waals surface area contributed by atoms with Crippen molar-refractivity contribution in [2.75, 3.05) is 24.5 Å². The Balaban J connectivity index is 1.66. The molecule has 0 saturated carbocycles. The third-order valence-electron chi connectivity index (χ3n) is 5.57. The van der Waals surface area contributed by atoms with Crippen LogP contribution < -0.4 is 4.90 Å². The minimum Gasteiger partial charge on any atom is -0.372 e. The van der Waals surface area contributed by atoms with E-state index < -0.39 is 0 Å². The summed E-state index contributed by atoms with van der Waals surface area (Å²) in [6.07, 6.45) is 4.37. The number of amides is 1. The van der Waals surface area contributed by atoms with Crippen LogP contribution in [0.25, 0.3) is 5.65 Å². The maximum atomic E-state index is 13.2. The summed E-state index contributed by atoms with van der Waals surface area (Å²) in [5.41, 5.74) is 4.99. The van der Waals surface area contributed by atoms with E-state index in [9.17, 15) is 4.79 Å². The van der Waals surface area contributed by atoms with Gasteiger partial charge in [0.25, 0.3) is 5.91 Å². The van der Waals surface area contributed by atoms with Gasteiger partial charge < -0.3 is 9.80 Å². The average Bonchev–Trinajstić information content (AvgIpc) is 3.12. The SMILES string of the molecule is CCN(CC)c1cccc2c1CCN(C(=O)c1cc3ncc(Br)cn3n1)C2C. The molecule has 0 N–H and O–H groups in total. The lowest BCUT2D eigenvalue weighted by molar-refractivity contribution is 0.0671. The van der Waals surface area contributed by atoms with Crippen LogP contribution in [-0.4, -0.2) is 45.0 Å². The molecule has 1 unspecified atom stereocenters. The lowest BCUT2D eigenvalue weighted by atomic mass is 9.91. The number of anilines is 1. The molecular weight excluding hydrogens is 418 g/mol. The predicted octanol–water partition coefficient (Wildman–Crippen LogP) is 4.10. The maximum Gasteiger partial charge on any atom is 0.274 e. The Kier molecular flexibility index (Phi) is 5.10. The summed E-state index contributed by atoms with van der Waals surface area (Å²) in [6.45, 7) is 9.12. The van der Waals surface area contributed by atoms with Gasteiger partial charge in [-0.15, -0.1) is 0 Å². The number of halogens is 1. The Morgan fingerprint density at radius 1 is 1.32 bits per heavy atom. The van der Waals surface area contributed by atoms with E-state index in [1.165, 1.54) is 16.8 Å². The van der Waals surface area contributed by atoms with Crippen LogP contribution >= 0.6 is 15.9 Å². The second kappa shape index (κ2) is 7.54. The molecule has 7 heteroatoms. The van der Waals surface area contributed by atoms with Gasteiger partial charge in [-0.1, -0.05) is 12.1 Å². The zero-order valence-corrected chi connectivity index (χ0v) is 18.0. The molecule has 28 heavy (non-hydrogen) atoms. The van der Waals surface area contributed by atoms with Crippen molar-refractivity contribution < 1.29 is 4.79 Å². The molecular formula is C21H24BrN5O. The van der Waals surface area contributed by atoms with E-state index in [4.69, 9.17) is 0 Å². The molecule has 1 atom stereocenters. The molecule has 0 spiro atoms. The number of aromatic nitrogens is 3. The van der Waals surface area contributed by atoms with Gasteiger partial charge in [0.1, 0.15) is 0 Å². The van der Waals surface area contributed by atoms with Crippen LogP contribution in [0.15, 0.2) is 41.1 Å². The van der Waals surface area contributed by atoms with E-state index in [0.29, 0.717) is 17.9 Å². The van der Waals surface area contributed by atoms with Gasteiger partial charge in [0.2, 0.25) is 0 Å². The van der Waals surface area contributed by atoms with E-state index in [1.54, 1.807) is 16.8 Å². The molecule has 1 aliphatic heterocycles. The topological polar surface area (TPSA) is 53.7 Å². The lowest BCUT2D eigenvalue weighted by Crippen LogP contribution is -2.39. The van der Waals surface area contributed by atoms with Gasteiger partial charge in [-0.25, -0.2) is 9.50 Å². The van der Waals surface area contributed by atoms with E-state index in [-0.39, 0.29) is 11.9 Å². The smallest absolute Gasteiger partial charge is 0.274 e. The second-order valence-corrected chi connectivity index (χ2v) is 7.96. The first-order chi connectivity index (χ1) is 13.5. The molecule has 0 fully saturated rings. The number of hydrogen-bond donors (Lipinski definition) is 0. The van der Waals surface area contributed by atoms with Gasteiger partial charge in [-0.2, -0.15) is 5.10 Å². The number of carbonyl (C=O) groups is 1. The highest BCUT2D eigenvalue weighted by Crippen LogP contribution is 2.36. The number of benzene rings is 1. The molecule has 1 amide bonds. The number of fused-ring (bicyclic) bond motifs is 2. The van der Waals surface area contributed by atoms with E-state index in [2.05, 4.69) is 69.9 Å². The quantitative estimate of drug-likeness (QED) is 0.611. The van der Waals surface area contributed by atoms with Crippen molar-refractivity contribution >= 4 is 33.2 Å². The van der Waals surface area contributed by atoms with Crippen molar-refractivity contribution in [3.8, 4) is 0 Å². The van der Waals surface area contributed by atoms with Crippen molar-refractivity contribution in [2.45, 2.75) is 33.2 Å². The van der Waals surface area contributed by atoms with Crippen molar-refractivity contribution in [1.82, 2.24) is 19.5 Å². The Bertz CT molecular complexity index is 1030. The van der Waals surface area contributed by atoms with Crippen LogP contribution in [0.4, 0.5) is 5.69 Å². The van der Waals surface area contributed by atoms with Crippen LogP contribution in [-0.2, 0) is 6.42 Å². The molecule has 0 radical (unpaired) electrons. The molecule has 2 aromatic heterocycles. The van der Waals surface area contributed by atoms with Crippen LogP contribution in [0.5, 0.6) is 0 Å². The van der Waals surface area contributed by atoms with Gasteiger partial charge in [0.05, 0.1) is 10.5 Å². The van der Waals surface area contributed by atoms with Crippen molar-refractivity contribution in [2.24, 2.45) is 0 Å². The third kappa shape index (κ3) is 3.17. The zero-order valence-electron chi connectivity index (χ0n) is 16.4. The summed E-state index contributed by atoms with van der Waals surface area (Å²) >= 11 is 3.39. The third-order valence-corrected chi connectivity index (χ3v) is 5.98. The Morgan fingerprint density at radius 2 is 2.11 bits per heavy atom. The second-order valence-electron chi connectivity index (χ2n) is 7.05. The van der Waals surface area contributed by atoms with Gasteiger partial charge in [0, 0.05) is 43.8 Å². The van der Waals surface area contributed by atoms with E-state index in [0.717, 1.165) is 24.0 Å². The van der Waals surface area contributed by atoms with E-state index >= 15 is 0 Å². The van der Waals surface area contributed by atoms with Crippen LogP contribution in [0.1, 0.15) is 48.4 Å². The van der Waals surface area contributed by atoms with Crippen LogP contribution in [0.2, 0.25) is 0 Å². The number of rotatable bonds is 4. The van der Waals surface area contributed by atoms with E-state index in [1.807, 2.05) is 11.1 Å². The average molecular weight is 442 g/mol. The summed E-state index contributed by atoms with van der Waals surface area (Å²) in [5, 5.41) is 4.44. The molecule has 0 saturated heterocycles. The Morgan fingerprint density at radius 3 is 2.86 bits per heavy atom.